The Morgan fingerprint density at radius 1 is 1.09 bits per heavy atom. The van der Waals surface area contributed by atoms with Gasteiger partial charge in [0, 0.05) is 13.1 Å². The lowest BCUT2D eigenvalue weighted by Crippen LogP contribution is -2.41. The number of pyridine rings is 1. The molecule has 5 heteroatoms. The van der Waals surface area contributed by atoms with Gasteiger partial charge in [0.15, 0.2) is 0 Å². The molecule has 2 fully saturated rings. The molecule has 2 saturated heterocycles. The van der Waals surface area contributed by atoms with Crippen molar-refractivity contribution >= 4 is 18.5 Å². The van der Waals surface area contributed by atoms with E-state index < -0.39 is 0 Å². The van der Waals surface area contributed by atoms with Crippen LogP contribution in [0.1, 0.15) is 47.5 Å². The van der Waals surface area contributed by atoms with E-state index in [0.717, 1.165) is 30.4 Å². The molecule has 0 radical (unpaired) electrons. The standard InChI is InChI=1S/C17H27BN2O2/c1-13-9-11-20(12-10-13)15-8-6-7-14(19-15)18-21-16(2,3)17(4,5)22-18/h6-8,13H,9-12H2,1-5H3. The summed E-state index contributed by atoms with van der Waals surface area (Å²) in [6.07, 6.45) is 2.48. The topological polar surface area (TPSA) is 34.6 Å². The molecule has 0 spiro atoms. The van der Waals surface area contributed by atoms with Crippen molar-refractivity contribution in [1.29, 1.82) is 0 Å². The van der Waals surface area contributed by atoms with Gasteiger partial charge in [0.05, 0.1) is 16.8 Å². The first-order valence-corrected chi connectivity index (χ1v) is 8.36. The fraction of sp³-hybridized carbons (Fsp3) is 0.706. The van der Waals surface area contributed by atoms with Crippen LogP contribution < -0.4 is 10.5 Å². The highest BCUT2D eigenvalue weighted by atomic mass is 16.7. The largest absolute Gasteiger partial charge is 0.514 e. The molecule has 0 atom stereocenters. The average Bonchev–Trinajstić information content (AvgIpc) is 2.68. The van der Waals surface area contributed by atoms with Crippen molar-refractivity contribution in [3.05, 3.63) is 18.2 Å². The highest BCUT2D eigenvalue weighted by Gasteiger charge is 2.52. The van der Waals surface area contributed by atoms with Gasteiger partial charge >= 0.3 is 7.12 Å². The molecule has 4 nitrogen and oxygen atoms in total. The molecule has 2 aliphatic heterocycles. The van der Waals surface area contributed by atoms with Gasteiger partial charge in [0.1, 0.15) is 5.82 Å². The summed E-state index contributed by atoms with van der Waals surface area (Å²) in [5, 5.41) is 0. The summed E-state index contributed by atoms with van der Waals surface area (Å²) >= 11 is 0. The van der Waals surface area contributed by atoms with Crippen LogP contribution in [0.25, 0.3) is 0 Å². The Hall–Kier alpha value is -1.07. The van der Waals surface area contributed by atoms with Gasteiger partial charge in [-0.25, -0.2) is 4.98 Å². The van der Waals surface area contributed by atoms with Crippen molar-refractivity contribution in [3.63, 3.8) is 0 Å². The molecule has 0 amide bonds. The summed E-state index contributed by atoms with van der Waals surface area (Å²) in [5.74, 6) is 1.86. The molecule has 0 bridgehead atoms. The van der Waals surface area contributed by atoms with Crippen molar-refractivity contribution < 1.29 is 9.31 Å². The van der Waals surface area contributed by atoms with Crippen molar-refractivity contribution in [3.8, 4) is 0 Å². The molecule has 0 N–H and O–H groups in total. The Morgan fingerprint density at radius 3 is 2.27 bits per heavy atom. The minimum atomic E-state index is -0.381. The Balaban J connectivity index is 1.78. The number of hydrogen-bond acceptors (Lipinski definition) is 4. The minimum Gasteiger partial charge on any atom is -0.398 e. The minimum absolute atomic E-state index is 0.324. The molecule has 120 valence electrons. The van der Waals surface area contributed by atoms with Gasteiger partial charge in [-0.2, -0.15) is 0 Å². The van der Waals surface area contributed by atoms with Crippen LogP contribution in [0.3, 0.4) is 0 Å². The molecule has 22 heavy (non-hydrogen) atoms. The maximum Gasteiger partial charge on any atom is 0.514 e. The van der Waals surface area contributed by atoms with Gasteiger partial charge in [-0.3, -0.25) is 0 Å². The lowest BCUT2D eigenvalue weighted by molar-refractivity contribution is 0.00578. The highest BCUT2D eigenvalue weighted by molar-refractivity contribution is 6.61. The number of aromatic nitrogens is 1. The molecule has 0 aromatic carbocycles. The van der Waals surface area contributed by atoms with E-state index >= 15 is 0 Å². The van der Waals surface area contributed by atoms with Gasteiger partial charge < -0.3 is 14.2 Å². The number of piperidine rings is 1. The first-order chi connectivity index (χ1) is 10.3. The normalized spacial score (nSPS) is 24.8. The zero-order valence-corrected chi connectivity index (χ0v) is 14.4. The second-order valence-corrected chi connectivity index (χ2v) is 7.68. The first-order valence-electron chi connectivity index (χ1n) is 8.36. The third-order valence-corrected chi connectivity index (χ3v) is 5.36. The third-order valence-electron chi connectivity index (χ3n) is 5.36. The molecular formula is C17H27BN2O2. The molecule has 3 rings (SSSR count). The maximum atomic E-state index is 6.11. The molecule has 3 heterocycles. The molecule has 0 unspecified atom stereocenters. The molecular weight excluding hydrogens is 275 g/mol. The van der Waals surface area contributed by atoms with Gasteiger partial charge in [-0.15, -0.1) is 0 Å². The fourth-order valence-electron chi connectivity index (χ4n) is 2.95. The smallest absolute Gasteiger partial charge is 0.398 e. The molecule has 0 saturated carbocycles. The van der Waals surface area contributed by atoms with Gasteiger partial charge in [-0.05, 0) is 58.6 Å². The summed E-state index contributed by atoms with van der Waals surface area (Å²) in [6.45, 7) is 12.8. The van der Waals surface area contributed by atoms with Crippen LogP contribution in [0, 0.1) is 5.92 Å². The predicted molar refractivity (Wildman–Crippen MR) is 90.6 cm³/mol. The van der Waals surface area contributed by atoms with Crippen LogP contribution in [0.2, 0.25) is 0 Å². The lowest BCUT2D eigenvalue weighted by Gasteiger charge is -2.32. The van der Waals surface area contributed by atoms with E-state index in [1.54, 1.807) is 0 Å². The Kier molecular flexibility index (Phi) is 3.98. The fourth-order valence-corrected chi connectivity index (χ4v) is 2.95. The summed E-state index contributed by atoms with van der Waals surface area (Å²) in [6, 6.07) is 6.14. The van der Waals surface area contributed by atoms with Gasteiger partial charge in [-0.1, -0.05) is 13.0 Å². The number of rotatable bonds is 2. The lowest BCUT2D eigenvalue weighted by atomic mass is 9.84. The van der Waals surface area contributed by atoms with Gasteiger partial charge in [0.2, 0.25) is 0 Å². The van der Waals surface area contributed by atoms with Gasteiger partial charge in [0.25, 0.3) is 0 Å². The number of anilines is 1. The zero-order valence-electron chi connectivity index (χ0n) is 14.4. The summed E-state index contributed by atoms with van der Waals surface area (Å²) in [5.41, 5.74) is 0.223. The molecule has 2 aliphatic rings. The van der Waals surface area contributed by atoms with E-state index in [9.17, 15) is 0 Å². The van der Waals surface area contributed by atoms with E-state index in [1.807, 2.05) is 6.07 Å². The van der Waals surface area contributed by atoms with Crippen LogP contribution in [0.15, 0.2) is 18.2 Å². The molecule has 0 aliphatic carbocycles. The quantitative estimate of drug-likeness (QED) is 0.787. The first kappa shape index (κ1) is 15.8. The maximum absolute atomic E-state index is 6.11. The Morgan fingerprint density at radius 2 is 1.68 bits per heavy atom. The monoisotopic (exact) mass is 302 g/mol. The predicted octanol–water partition coefficient (Wildman–Crippen LogP) is 2.62. The van der Waals surface area contributed by atoms with E-state index in [2.05, 4.69) is 51.7 Å². The van der Waals surface area contributed by atoms with Crippen molar-refractivity contribution in [2.75, 3.05) is 18.0 Å². The highest BCUT2D eigenvalue weighted by Crippen LogP contribution is 2.36. The molecule has 1 aromatic rings. The second-order valence-electron chi connectivity index (χ2n) is 7.68. The van der Waals surface area contributed by atoms with Crippen LogP contribution >= 0.6 is 0 Å². The van der Waals surface area contributed by atoms with E-state index in [0.29, 0.717) is 0 Å². The number of hydrogen-bond donors (Lipinski definition) is 0. The van der Waals surface area contributed by atoms with Crippen molar-refractivity contribution in [2.45, 2.75) is 58.7 Å². The summed E-state index contributed by atoms with van der Waals surface area (Å²) < 4.78 is 12.2. The SMILES string of the molecule is CC1CCN(c2cccc(B3OC(C)(C)C(C)(C)O3)n2)CC1. The van der Waals surface area contributed by atoms with E-state index in [-0.39, 0.29) is 18.3 Å². The van der Waals surface area contributed by atoms with Crippen molar-refractivity contribution in [2.24, 2.45) is 5.92 Å². The van der Waals surface area contributed by atoms with E-state index in [1.165, 1.54) is 12.8 Å². The molecule has 1 aromatic heterocycles. The van der Waals surface area contributed by atoms with Crippen LogP contribution in [-0.2, 0) is 9.31 Å². The average molecular weight is 302 g/mol. The Labute approximate surface area is 134 Å². The second kappa shape index (κ2) is 5.53. The summed E-state index contributed by atoms with van der Waals surface area (Å²) in [7, 11) is -0.381. The van der Waals surface area contributed by atoms with E-state index in [4.69, 9.17) is 14.3 Å². The number of nitrogens with zero attached hydrogens (tertiary/aromatic N) is 2. The van der Waals surface area contributed by atoms with Crippen LogP contribution in [0.4, 0.5) is 5.82 Å². The third kappa shape index (κ3) is 2.89. The van der Waals surface area contributed by atoms with Crippen LogP contribution in [-0.4, -0.2) is 36.4 Å². The Bertz CT molecular complexity index is 523. The van der Waals surface area contributed by atoms with Crippen LogP contribution in [0.5, 0.6) is 0 Å². The summed E-state index contributed by atoms with van der Waals surface area (Å²) in [4.78, 5) is 7.18. The van der Waals surface area contributed by atoms with Crippen molar-refractivity contribution in [1.82, 2.24) is 4.98 Å². The zero-order chi connectivity index (χ0) is 16.0.